The van der Waals surface area contributed by atoms with Crippen molar-refractivity contribution in [3.63, 3.8) is 0 Å². The van der Waals surface area contributed by atoms with Crippen molar-refractivity contribution in [2.24, 2.45) is 17.8 Å². The fraction of sp³-hybridized carbons (Fsp3) is 0.945. The minimum absolute atomic E-state index is 0.106. The predicted octanol–water partition coefficient (Wildman–Crippen LogP) is 21.0. The van der Waals surface area contributed by atoms with Gasteiger partial charge in [-0.05, 0) is 43.4 Å². The van der Waals surface area contributed by atoms with Gasteiger partial charge in [-0.1, -0.05) is 318 Å². The van der Waals surface area contributed by atoms with E-state index in [4.69, 9.17) is 37.0 Å². The second-order valence-electron chi connectivity index (χ2n) is 27.8. The van der Waals surface area contributed by atoms with E-state index >= 15 is 0 Å². The van der Waals surface area contributed by atoms with Gasteiger partial charge >= 0.3 is 39.5 Å². The topological polar surface area (TPSA) is 237 Å². The molecule has 0 aliphatic rings. The molecule has 0 aromatic rings. The first-order valence-electron chi connectivity index (χ1n) is 37.8. The Balaban J connectivity index is 5.23. The molecule has 0 radical (unpaired) electrons. The summed E-state index contributed by atoms with van der Waals surface area (Å²) in [6, 6.07) is 0. The lowest BCUT2D eigenvalue weighted by molar-refractivity contribution is -0.161. The molecule has 0 aromatic heterocycles. The van der Waals surface area contributed by atoms with Crippen molar-refractivity contribution in [3.05, 3.63) is 0 Å². The summed E-state index contributed by atoms with van der Waals surface area (Å²) in [5.74, 6) is 0.197. The van der Waals surface area contributed by atoms with Crippen LogP contribution in [0.1, 0.15) is 370 Å². The molecule has 0 saturated heterocycles. The largest absolute Gasteiger partial charge is 0.472 e. The van der Waals surface area contributed by atoms with Crippen LogP contribution in [0.4, 0.5) is 0 Å². The SMILES string of the molecule is CCCCCCCCCCC(=O)OC[C@H](COP(=O)(O)OC[C@H](O)COP(=O)(O)OC[C@@H](COC(=O)CCCCCCCCCCCCCCC(C)C)OC(=O)CCCCCCCCCCCCCCCC(C)C)OC(=O)CCCCCCCCCCCCC(C)C. The maximum absolute atomic E-state index is 13.1. The van der Waals surface area contributed by atoms with Crippen molar-refractivity contribution in [1.29, 1.82) is 0 Å². The van der Waals surface area contributed by atoms with Crippen LogP contribution in [0.3, 0.4) is 0 Å². The molecule has 5 atom stereocenters. The van der Waals surface area contributed by atoms with Crippen molar-refractivity contribution in [2.45, 2.75) is 388 Å². The first kappa shape index (κ1) is 90.1. The van der Waals surface area contributed by atoms with E-state index < -0.39 is 97.5 Å². The number of hydrogen-bond donors (Lipinski definition) is 3. The van der Waals surface area contributed by atoms with E-state index in [0.717, 1.165) is 114 Å². The number of ether oxygens (including phenoxy) is 4. The van der Waals surface area contributed by atoms with Crippen molar-refractivity contribution < 1.29 is 80.2 Å². The van der Waals surface area contributed by atoms with E-state index in [1.54, 1.807) is 0 Å². The fourth-order valence-corrected chi connectivity index (χ4v) is 12.7. The second-order valence-corrected chi connectivity index (χ2v) is 30.7. The van der Waals surface area contributed by atoms with Gasteiger partial charge in [0.25, 0.3) is 0 Å². The number of phosphoric acid groups is 2. The summed E-state index contributed by atoms with van der Waals surface area (Å²) in [6.07, 6.45) is 48.5. The van der Waals surface area contributed by atoms with Crippen LogP contribution in [0.5, 0.6) is 0 Å². The number of carbonyl (C=O) groups excluding carboxylic acids is 4. The van der Waals surface area contributed by atoms with E-state index in [1.807, 2.05) is 0 Å². The number of aliphatic hydroxyl groups is 1. The highest BCUT2D eigenvalue weighted by molar-refractivity contribution is 7.47. The first-order chi connectivity index (χ1) is 44.2. The smallest absolute Gasteiger partial charge is 0.462 e. The van der Waals surface area contributed by atoms with Gasteiger partial charge in [-0.3, -0.25) is 37.3 Å². The van der Waals surface area contributed by atoms with Crippen molar-refractivity contribution in [3.8, 4) is 0 Å². The van der Waals surface area contributed by atoms with Crippen molar-refractivity contribution >= 4 is 39.5 Å². The molecule has 92 heavy (non-hydrogen) atoms. The summed E-state index contributed by atoms with van der Waals surface area (Å²) in [7, 11) is -9.90. The molecule has 0 spiro atoms. The van der Waals surface area contributed by atoms with Gasteiger partial charge in [-0.25, -0.2) is 9.13 Å². The van der Waals surface area contributed by atoms with Gasteiger partial charge < -0.3 is 33.8 Å². The molecule has 0 fully saturated rings. The standard InChI is InChI=1S/C73H142O17P2/c1-8-9-10-11-12-33-40-47-54-70(75)83-60-68(89-73(78)57-50-43-36-29-23-22-26-32-39-46-53-66(6)7)62-87-91(79,80)85-58-67(74)59-86-92(81,82)88-63-69(61-84-71(76)55-48-41-34-27-20-17-16-19-25-31-38-45-52-65(4)5)90-72(77)56-49-42-35-28-21-15-13-14-18-24-30-37-44-51-64(2)3/h64-69,74H,8-63H2,1-7H3,(H,79,80)(H,81,82)/t67-,68+,69+/m0/s1. The number of carbonyl (C=O) groups is 4. The minimum Gasteiger partial charge on any atom is -0.462 e. The molecule has 0 aromatic carbocycles. The maximum Gasteiger partial charge on any atom is 0.472 e. The summed E-state index contributed by atoms with van der Waals surface area (Å²) in [4.78, 5) is 72.6. The number of unbranched alkanes of at least 4 members (excludes halogenated alkanes) is 39. The van der Waals surface area contributed by atoms with E-state index in [2.05, 4.69) is 48.5 Å². The lowest BCUT2D eigenvalue weighted by Gasteiger charge is -2.21. The molecule has 0 amide bonds. The summed E-state index contributed by atoms with van der Waals surface area (Å²) < 4.78 is 68.4. The van der Waals surface area contributed by atoms with E-state index in [0.29, 0.717) is 25.7 Å². The third kappa shape index (κ3) is 66.7. The van der Waals surface area contributed by atoms with Crippen LogP contribution in [0.2, 0.25) is 0 Å². The average Bonchev–Trinajstić information content (AvgIpc) is 2.28. The summed E-state index contributed by atoms with van der Waals surface area (Å²) in [5, 5.41) is 10.6. The Morgan fingerprint density at radius 1 is 0.293 bits per heavy atom. The van der Waals surface area contributed by atoms with Gasteiger partial charge in [0.2, 0.25) is 0 Å². The molecule has 19 heteroatoms. The molecule has 0 bridgehead atoms. The highest BCUT2D eigenvalue weighted by atomic mass is 31.2. The van der Waals surface area contributed by atoms with Gasteiger partial charge in [0.1, 0.15) is 19.3 Å². The molecule has 2 unspecified atom stereocenters. The van der Waals surface area contributed by atoms with Crippen LogP contribution in [-0.4, -0.2) is 96.7 Å². The molecular weight excluding hydrogens is 1210 g/mol. The Kier molecular flexibility index (Phi) is 62.4. The molecule has 0 aliphatic carbocycles. The Hall–Kier alpha value is -1.94. The van der Waals surface area contributed by atoms with Crippen LogP contribution in [0.25, 0.3) is 0 Å². The van der Waals surface area contributed by atoms with Crippen LogP contribution >= 0.6 is 15.6 Å². The number of esters is 4. The Labute approximate surface area is 562 Å². The summed E-state index contributed by atoms with van der Waals surface area (Å²) in [5.41, 5.74) is 0. The summed E-state index contributed by atoms with van der Waals surface area (Å²) >= 11 is 0. The molecule has 17 nitrogen and oxygen atoms in total. The molecular formula is C73H142O17P2. The number of phosphoric ester groups is 2. The van der Waals surface area contributed by atoms with E-state index in [9.17, 15) is 43.2 Å². The van der Waals surface area contributed by atoms with Gasteiger partial charge in [0.15, 0.2) is 12.2 Å². The molecule has 0 saturated carbocycles. The van der Waals surface area contributed by atoms with Crippen LogP contribution < -0.4 is 0 Å². The van der Waals surface area contributed by atoms with Crippen molar-refractivity contribution in [2.75, 3.05) is 39.6 Å². The Morgan fingerprint density at radius 3 is 0.739 bits per heavy atom. The third-order valence-corrected chi connectivity index (χ3v) is 18.8. The van der Waals surface area contributed by atoms with Crippen LogP contribution in [0, 0.1) is 17.8 Å². The lowest BCUT2D eigenvalue weighted by Crippen LogP contribution is -2.30. The monoisotopic (exact) mass is 1350 g/mol. The maximum atomic E-state index is 13.1. The molecule has 546 valence electrons. The Bertz CT molecular complexity index is 1800. The number of rotatable bonds is 71. The lowest BCUT2D eigenvalue weighted by atomic mass is 10.0. The van der Waals surface area contributed by atoms with E-state index in [-0.39, 0.29) is 25.7 Å². The zero-order chi connectivity index (χ0) is 68.0. The van der Waals surface area contributed by atoms with Gasteiger partial charge in [0, 0.05) is 25.7 Å². The number of aliphatic hydroxyl groups excluding tert-OH is 1. The molecule has 3 N–H and O–H groups in total. The molecule has 0 rings (SSSR count). The van der Waals surface area contributed by atoms with Gasteiger partial charge in [-0.15, -0.1) is 0 Å². The average molecular weight is 1350 g/mol. The molecule has 0 aliphatic heterocycles. The fourth-order valence-electron chi connectivity index (χ4n) is 11.1. The quantitative estimate of drug-likeness (QED) is 0.0222. The summed E-state index contributed by atoms with van der Waals surface area (Å²) in [6.45, 7) is 11.9. The highest BCUT2D eigenvalue weighted by Gasteiger charge is 2.30. The predicted molar refractivity (Wildman–Crippen MR) is 372 cm³/mol. The molecule has 0 heterocycles. The zero-order valence-corrected chi connectivity index (χ0v) is 61.8. The normalized spacial score (nSPS) is 14.1. The van der Waals surface area contributed by atoms with Crippen LogP contribution in [0.15, 0.2) is 0 Å². The number of hydrogen-bond acceptors (Lipinski definition) is 15. The zero-order valence-electron chi connectivity index (χ0n) is 60.0. The Morgan fingerprint density at radius 2 is 0.500 bits per heavy atom. The van der Waals surface area contributed by atoms with E-state index in [1.165, 1.54) is 173 Å². The third-order valence-electron chi connectivity index (χ3n) is 16.9. The van der Waals surface area contributed by atoms with Crippen molar-refractivity contribution in [1.82, 2.24) is 0 Å². The van der Waals surface area contributed by atoms with Gasteiger partial charge in [-0.2, -0.15) is 0 Å². The first-order valence-corrected chi connectivity index (χ1v) is 40.8. The van der Waals surface area contributed by atoms with Gasteiger partial charge in [0.05, 0.1) is 26.4 Å². The highest BCUT2D eigenvalue weighted by Crippen LogP contribution is 2.45. The minimum atomic E-state index is -4.95. The second kappa shape index (κ2) is 63.8. The van der Waals surface area contributed by atoms with Crippen LogP contribution in [-0.2, 0) is 65.4 Å².